The minimum atomic E-state index is -0.271. The highest BCUT2D eigenvalue weighted by atomic mass is 19.1. The molecule has 0 aromatic heterocycles. The van der Waals surface area contributed by atoms with Gasteiger partial charge in [0.05, 0.1) is 6.04 Å². The normalized spacial score (nSPS) is 25.0. The van der Waals surface area contributed by atoms with Gasteiger partial charge in [0.15, 0.2) is 0 Å². The van der Waals surface area contributed by atoms with E-state index < -0.39 is 0 Å². The zero-order valence-corrected chi connectivity index (χ0v) is 14.0. The molecule has 5 heteroatoms. The van der Waals surface area contributed by atoms with Crippen molar-refractivity contribution < 1.29 is 9.18 Å². The Morgan fingerprint density at radius 1 is 1.12 bits per heavy atom. The van der Waals surface area contributed by atoms with Crippen LogP contribution in [0.1, 0.15) is 35.6 Å². The molecule has 0 spiro atoms. The fourth-order valence-corrected chi connectivity index (χ4v) is 3.83. The molecule has 2 amide bonds. The average Bonchev–Trinajstić information content (AvgIpc) is 2.60. The van der Waals surface area contributed by atoms with Crippen molar-refractivity contribution in [1.82, 2.24) is 10.2 Å². The number of halogens is 1. The average molecular weight is 339 g/mol. The van der Waals surface area contributed by atoms with E-state index in [2.05, 4.69) is 17.4 Å². The van der Waals surface area contributed by atoms with Gasteiger partial charge in [-0.05, 0) is 48.1 Å². The Balaban J connectivity index is 1.65. The monoisotopic (exact) mass is 339 g/mol. The van der Waals surface area contributed by atoms with E-state index >= 15 is 0 Å². The van der Waals surface area contributed by atoms with Gasteiger partial charge in [-0.25, -0.2) is 9.18 Å². The lowest BCUT2D eigenvalue weighted by molar-refractivity contribution is 0.167. The second kappa shape index (κ2) is 6.48. The number of urea groups is 1. The predicted molar refractivity (Wildman–Crippen MR) is 94.6 cm³/mol. The number of nitrogens with one attached hydrogen (secondary N) is 1. The van der Waals surface area contributed by atoms with Crippen molar-refractivity contribution in [3.8, 4) is 0 Å². The van der Waals surface area contributed by atoms with Gasteiger partial charge >= 0.3 is 6.03 Å². The Hall–Kier alpha value is -2.40. The summed E-state index contributed by atoms with van der Waals surface area (Å²) in [5.74, 6) is -0.271. The first-order chi connectivity index (χ1) is 12.1. The molecule has 2 aliphatic rings. The molecule has 0 saturated heterocycles. The second-order valence-electron chi connectivity index (χ2n) is 6.97. The first-order valence-electron chi connectivity index (χ1n) is 8.78. The molecule has 1 heterocycles. The van der Waals surface area contributed by atoms with Gasteiger partial charge in [-0.15, -0.1) is 0 Å². The molecule has 4 rings (SSSR count). The van der Waals surface area contributed by atoms with Crippen molar-refractivity contribution >= 4 is 6.03 Å². The summed E-state index contributed by atoms with van der Waals surface area (Å²) in [5.41, 5.74) is 9.10. The summed E-state index contributed by atoms with van der Waals surface area (Å²) in [6.07, 6.45) is 2.49. The topological polar surface area (TPSA) is 58.4 Å². The maximum absolute atomic E-state index is 13.4. The maximum Gasteiger partial charge on any atom is 0.318 e. The van der Waals surface area contributed by atoms with Crippen LogP contribution in [0, 0.1) is 5.82 Å². The van der Waals surface area contributed by atoms with Gasteiger partial charge in [0.25, 0.3) is 0 Å². The first kappa shape index (κ1) is 16.1. The van der Waals surface area contributed by atoms with Crippen molar-refractivity contribution in [2.75, 3.05) is 6.54 Å². The summed E-state index contributed by atoms with van der Waals surface area (Å²) >= 11 is 0. The van der Waals surface area contributed by atoms with E-state index in [1.807, 2.05) is 17.0 Å². The largest absolute Gasteiger partial charge is 0.335 e. The van der Waals surface area contributed by atoms with Gasteiger partial charge < -0.3 is 16.0 Å². The van der Waals surface area contributed by atoms with Gasteiger partial charge in [-0.1, -0.05) is 36.4 Å². The van der Waals surface area contributed by atoms with Crippen LogP contribution in [0.2, 0.25) is 0 Å². The van der Waals surface area contributed by atoms with E-state index in [-0.39, 0.29) is 30.0 Å². The molecule has 1 atom stereocenters. The number of rotatable bonds is 2. The summed E-state index contributed by atoms with van der Waals surface area (Å²) in [4.78, 5) is 14.7. The zero-order chi connectivity index (χ0) is 17.4. The number of nitrogens with zero attached hydrogens (tertiary/aromatic N) is 1. The number of benzene rings is 2. The molecular weight excluding hydrogens is 317 g/mol. The summed E-state index contributed by atoms with van der Waals surface area (Å²) in [7, 11) is 0. The Morgan fingerprint density at radius 3 is 2.56 bits per heavy atom. The summed E-state index contributed by atoms with van der Waals surface area (Å²) < 4.78 is 13.4. The molecule has 1 fully saturated rings. The molecule has 4 nitrogen and oxygen atoms in total. The van der Waals surface area contributed by atoms with E-state index in [0.717, 1.165) is 30.4 Å². The lowest BCUT2D eigenvalue weighted by Crippen LogP contribution is -2.55. The molecule has 3 N–H and O–H groups in total. The van der Waals surface area contributed by atoms with E-state index in [9.17, 15) is 9.18 Å². The second-order valence-corrected chi connectivity index (χ2v) is 6.97. The molecule has 1 saturated carbocycles. The smallest absolute Gasteiger partial charge is 0.318 e. The highest BCUT2D eigenvalue weighted by Crippen LogP contribution is 2.35. The molecule has 130 valence electrons. The zero-order valence-electron chi connectivity index (χ0n) is 14.0. The number of carbonyl (C=O) groups is 1. The molecule has 25 heavy (non-hydrogen) atoms. The first-order valence-corrected chi connectivity index (χ1v) is 8.78. The van der Waals surface area contributed by atoms with Gasteiger partial charge in [-0.3, -0.25) is 0 Å². The van der Waals surface area contributed by atoms with Crippen LogP contribution in [0.25, 0.3) is 0 Å². The minimum Gasteiger partial charge on any atom is -0.335 e. The van der Waals surface area contributed by atoms with E-state index in [0.29, 0.717) is 6.54 Å². The van der Waals surface area contributed by atoms with Crippen LogP contribution < -0.4 is 11.1 Å². The summed E-state index contributed by atoms with van der Waals surface area (Å²) in [6.45, 7) is 0.643. The minimum absolute atomic E-state index is 0.0688. The van der Waals surface area contributed by atoms with E-state index in [1.165, 1.54) is 17.7 Å². The van der Waals surface area contributed by atoms with E-state index in [4.69, 9.17) is 5.73 Å². The third-order valence-corrected chi connectivity index (χ3v) is 5.23. The lowest BCUT2D eigenvalue weighted by atomic mass is 9.87. The molecule has 0 bridgehead atoms. The molecule has 1 aliphatic carbocycles. The van der Waals surface area contributed by atoms with Crippen molar-refractivity contribution in [3.63, 3.8) is 0 Å². The van der Waals surface area contributed by atoms with Gasteiger partial charge in [-0.2, -0.15) is 0 Å². The Labute approximate surface area is 146 Å². The summed E-state index contributed by atoms with van der Waals surface area (Å²) in [6, 6.07) is 14.7. The van der Waals surface area contributed by atoms with Crippen LogP contribution >= 0.6 is 0 Å². The number of nitrogens with two attached hydrogens (primary N) is 1. The Kier molecular flexibility index (Phi) is 4.17. The number of hydrogen-bond donors (Lipinski definition) is 2. The molecule has 2 aromatic rings. The molecule has 0 unspecified atom stereocenters. The third kappa shape index (κ3) is 3.12. The molecule has 0 radical (unpaired) electrons. The third-order valence-electron chi connectivity index (χ3n) is 5.23. The van der Waals surface area contributed by atoms with Crippen molar-refractivity contribution in [3.05, 3.63) is 71.0 Å². The van der Waals surface area contributed by atoms with Crippen LogP contribution in [0.5, 0.6) is 0 Å². The van der Waals surface area contributed by atoms with Crippen LogP contribution in [-0.2, 0) is 6.42 Å². The van der Waals surface area contributed by atoms with E-state index in [1.54, 1.807) is 12.1 Å². The Bertz CT molecular complexity index is 771. The molecule has 1 aliphatic heterocycles. The van der Waals surface area contributed by atoms with Crippen LogP contribution in [0.3, 0.4) is 0 Å². The lowest BCUT2D eigenvalue weighted by Gasteiger charge is -2.40. The maximum atomic E-state index is 13.4. The van der Waals surface area contributed by atoms with Gasteiger partial charge in [0.1, 0.15) is 5.82 Å². The standard InChI is InChI=1S/C20H22FN3O/c21-15-7-5-14(6-8-15)19-18-4-2-1-3-13(18)9-10-24(19)20(25)23-17-11-16(22)12-17/h1-8,16-17,19H,9-12,22H2,(H,23,25)/t16-,17-,19-/m0/s1. The highest BCUT2D eigenvalue weighted by molar-refractivity contribution is 5.76. The van der Waals surface area contributed by atoms with Crippen LogP contribution in [0.4, 0.5) is 9.18 Å². The quantitative estimate of drug-likeness (QED) is 0.884. The SMILES string of the molecule is N[C@H]1C[C@H](NC(=O)N2CCc3ccccc3[C@@H]2c2ccc(F)cc2)C1. The van der Waals surface area contributed by atoms with Crippen LogP contribution in [-0.4, -0.2) is 29.6 Å². The number of amides is 2. The Morgan fingerprint density at radius 2 is 1.84 bits per heavy atom. The number of fused-ring (bicyclic) bond motifs is 1. The van der Waals surface area contributed by atoms with Crippen LogP contribution in [0.15, 0.2) is 48.5 Å². The predicted octanol–water partition coefficient (Wildman–Crippen LogP) is 2.97. The van der Waals surface area contributed by atoms with Crippen molar-refractivity contribution in [2.24, 2.45) is 5.73 Å². The highest BCUT2D eigenvalue weighted by Gasteiger charge is 2.34. The number of hydrogen-bond acceptors (Lipinski definition) is 2. The summed E-state index contributed by atoms with van der Waals surface area (Å²) in [5, 5.41) is 3.09. The molecule has 2 aromatic carbocycles. The molecular formula is C20H22FN3O. The van der Waals surface area contributed by atoms with Gasteiger partial charge in [0.2, 0.25) is 0 Å². The van der Waals surface area contributed by atoms with Crippen molar-refractivity contribution in [2.45, 2.75) is 37.4 Å². The van der Waals surface area contributed by atoms with Crippen molar-refractivity contribution in [1.29, 1.82) is 0 Å². The van der Waals surface area contributed by atoms with Gasteiger partial charge in [0, 0.05) is 18.6 Å². The fourth-order valence-electron chi connectivity index (χ4n) is 3.83. The number of carbonyl (C=O) groups excluding carboxylic acids is 1. The fraction of sp³-hybridized carbons (Fsp3) is 0.350.